The van der Waals surface area contributed by atoms with E-state index >= 15 is 0 Å². The zero-order valence-electron chi connectivity index (χ0n) is 16.6. The van der Waals surface area contributed by atoms with Crippen molar-refractivity contribution in [1.29, 1.82) is 0 Å². The molecule has 6 nitrogen and oxygen atoms in total. The smallest absolute Gasteiger partial charge is 0.243 e. The monoisotopic (exact) mass is 389 g/mol. The van der Waals surface area contributed by atoms with Crippen LogP contribution in [0.3, 0.4) is 0 Å². The van der Waals surface area contributed by atoms with Crippen molar-refractivity contribution >= 4 is 10.0 Å². The SMILES string of the molecule is Cc1ccc(OC2CCCN(S(=O)(=O)c3c(C)c(C)cc(C)c3C)C2)nn1. The summed E-state index contributed by atoms with van der Waals surface area (Å²) in [5.41, 5.74) is 4.46. The van der Waals surface area contributed by atoms with Crippen LogP contribution in [0, 0.1) is 34.6 Å². The quantitative estimate of drug-likeness (QED) is 0.803. The Bertz CT molecular complexity index is 914. The van der Waals surface area contributed by atoms with E-state index < -0.39 is 10.0 Å². The van der Waals surface area contributed by atoms with Gasteiger partial charge in [0.15, 0.2) is 0 Å². The minimum atomic E-state index is -3.58. The standard InChI is InChI=1S/C20H27N3O3S/c1-13-11-14(2)17(5)20(16(13)4)27(24,25)23-10-6-7-18(12-23)26-19-9-8-15(3)21-22-19/h8-9,11,18H,6-7,10,12H2,1-5H3. The van der Waals surface area contributed by atoms with Crippen molar-refractivity contribution in [2.24, 2.45) is 0 Å². The number of rotatable bonds is 4. The van der Waals surface area contributed by atoms with Gasteiger partial charge in [-0.25, -0.2) is 8.42 Å². The summed E-state index contributed by atoms with van der Waals surface area (Å²) in [5.74, 6) is 0.434. The van der Waals surface area contributed by atoms with Gasteiger partial charge in [0.2, 0.25) is 15.9 Å². The zero-order valence-corrected chi connectivity index (χ0v) is 17.4. The first-order valence-corrected chi connectivity index (χ1v) is 10.7. The molecule has 146 valence electrons. The third-order valence-electron chi connectivity index (χ3n) is 5.30. The van der Waals surface area contributed by atoms with Crippen molar-refractivity contribution in [1.82, 2.24) is 14.5 Å². The number of aryl methyl sites for hydroxylation is 3. The van der Waals surface area contributed by atoms with Crippen LogP contribution in [0.15, 0.2) is 23.1 Å². The van der Waals surface area contributed by atoms with Crippen LogP contribution >= 0.6 is 0 Å². The molecular formula is C20H27N3O3S. The summed E-state index contributed by atoms with van der Waals surface area (Å²) < 4.78 is 34.3. The van der Waals surface area contributed by atoms with E-state index in [2.05, 4.69) is 10.2 Å². The zero-order chi connectivity index (χ0) is 19.8. The summed E-state index contributed by atoms with van der Waals surface area (Å²) in [6, 6.07) is 5.65. The molecule has 0 amide bonds. The van der Waals surface area contributed by atoms with Gasteiger partial charge in [-0.3, -0.25) is 0 Å². The fraction of sp³-hybridized carbons (Fsp3) is 0.500. The molecule has 0 bridgehead atoms. The summed E-state index contributed by atoms with van der Waals surface area (Å²) in [7, 11) is -3.58. The Labute approximate surface area is 161 Å². The van der Waals surface area contributed by atoms with Gasteiger partial charge in [0.1, 0.15) is 6.10 Å². The summed E-state index contributed by atoms with van der Waals surface area (Å²) in [4.78, 5) is 0.441. The highest BCUT2D eigenvalue weighted by molar-refractivity contribution is 7.89. The number of benzene rings is 1. The second-order valence-corrected chi connectivity index (χ2v) is 9.22. The number of piperidine rings is 1. The molecule has 1 aromatic carbocycles. The van der Waals surface area contributed by atoms with E-state index in [1.54, 1.807) is 10.4 Å². The Hall–Kier alpha value is -1.99. The van der Waals surface area contributed by atoms with Crippen LogP contribution in [0.4, 0.5) is 0 Å². The Morgan fingerprint density at radius 3 is 2.30 bits per heavy atom. The normalized spacial score (nSPS) is 18.5. The van der Waals surface area contributed by atoms with E-state index in [0.717, 1.165) is 40.8 Å². The maximum Gasteiger partial charge on any atom is 0.243 e. The van der Waals surface area contributed by atoms with Crippen molar-refractivity contribution in [3.05, 3.63) is 46.1 Å². The average Bonchev–Trinajstić information content (AvgIpc) is 2.62. The van der Waals surface area contributed by atoms with Crippen molar-refractivity contribution in [3.8, 4) is 5.88 Å². The second-order valence-electron chi connectivity index (χ2n) is 7.35. The molecule has 2 aromatic rings. The van der Waals surface area contributed by atoms with E-state index in [4.69, 9.17) is 4.74 Å². The molecule has 7 heteroatoms. The molecule has 1 fully saturated rings. The van der Waals surface area contributed by atoms with Crippen molar-refractivity contribution in [3.63, 3.8) is 0 Å². The van der Waals surface area contributed by atoms with E-state index in [0.29, 0.717) is 23.9 Å². The number of sulfonamides is 1. The maximum absolute atomic E-state index is 13.4. The largest absolute Gasteiger partial charge is 0.472 e. The Morgan fingerprint density at radius 1 is 1.04 bits per heavy atom. The van der Waals surface area contributed by atoms with E-state index in [1.807, 2.05) is 46.8 Å². The maximum atomic E-state index is 13.4. The molecule has 0 spiro atoms. The van der Waals surface area contributed by atoms with Gasteiger partial charge in [0, 0.05) is 12.6 Å². The van der Waals surface area contributed by atoms with Gasteiger partial charge in [0.25, 0.3) is 0 Å². The number of nitrogens with zero attached hydrogens (tertiary/aromatic N) is 3. The fourth-order valence-electron chi connectivity index (χ4n) is 3.54. The Kier molecular flexibility index (Phi) is 5.53. The van der Waals surface area contributed by atoms with Gasteiger partial charge in [-0.1, -0.05) is 6.07 Å². The first-order valence-electron chi connectivity index (χ1n) is 9.24. The topological polar surface area (TPSA) is 72.4 Å². The average molecular weight is 390 g/mol. The van der Waals surface area contributed by atoms with Crippen LogP contribution in [0.1, 0.15) is 40.8 Å². The lowest BCUT2D eigenvalue weighted by Gasteiger charge is -2.32. The predicted octanol–water partition coefficient (Wildman–Crippen LogP) is 3.25. The molecule has 1 unspecified atom stereocenters. The molecule has 1 aliphatic rings. The van der Waals surface area contributed by atoms with Crippen LogP contribution in [-0.4, -0.2) is 42.1 Å². The van der Waals surface area contributed by atoms with Crippen molar-refractivity contribution in [2.45, 2.75) is 58.5 Å². The highest BCUT2D eigenvalue weighted by atomic mass is 32.2. The van der Waals surface area contributed by atoms with E-state index in [9.17, 15) is 8.42 Å². The summed E-state index contributed by atoms with van der Waals surface area (Å²) in [6.07, 6.45) is 1.33. The molecule has 0 aliphatic carbocycles. The van der Waals surface area contributed by atoms with Crippen LogP contribution in [0.25, 0.3) is 0 Å². The molecular weight excluding hydrogens is 362 g/mol. The van der Waals surface area contributed by atoms with Gasteiger partial charge >= 0.3 is 0 Å². The lowest BCUT2D eigenvalue weighted by molar-refractivity contribution is 0.123. The number of aromatic nitrogens is 2. The molecule has 1 aromatic heterocycles. The van der Waals surface area contributed by atoms with E-state index in [-0.39, 0.29) is 6.10 Å². The predicted molar refractivity (Wildman–Crippen MR) is 105 cm³/mol. The lowest BCUT2D eigenvalue weighted by Crippen LogP contribution is -2.44. The summed E-state index contributed by atoms with van der Waals surface area (Å²) in [6.45, 7) is 10.4. The first kappa shape index (κ1) is 19.8. The van der Waals surface area contributed by atoms with Crippen molar-refractivity contribution < 1.29 is 13.2 Å². The third-order valence-corrected chi connectivity index (χ3v) is 7.44. The van der Waals surface area contributed by atoms with Gasteiger partial charge in [0.05, 0.1) is 17.1 Å². The van der Waals surface area contributed by atoms with Crippen LogP contribution in [0.5, 0.6) is 5.88 Å². The van der Waals surface area contributed by atoms with Crippen LogP contribution in [0.2, 0.25) is 0 Å². The summed E-state index contributed by atoms with van der Waals surface area (Å²) in [5, 5.41) is 8.02. The third kappa shape index (κ3) is 3.99. The molecule has 1 atom stereocenters. The Morgan fingerprint density at radius 2 is 1.70 bits per heavy atom. The van der Waals surface area contributed by atoms with Gasteiger partial charge in [-0.15, -0.1) is 5.10 Å². The number of hydrogen-bond donors (Lipinski definition) is 0. The first-order chi connectivity index (χ1) is 12.7. The summed E-state index contributed by atoms with van der Waals surface area (Å²) >= 11 is 0. The van der Waals surface area contributed by atoms with Crippen LogP contribution in [-0.2, 0) is 10.0 Å². The molecule has 1 aliphatic heterocycles. The number of ether oxygens (including phenoxy) is 1. The van der Waals surface area contributed by atoms with Crippen LogP contribution < -0.4 is 4.74 Å². The highest BCUT2D eigenvalue weighted by Crippen LogP contribution is 2.30. The fourth-order valence-corrected chi connectivity index (χ4v) is 5.62. The van der Waals surface area contributed by atoms with Crippen molar-refractivity contribution in [2.75, 3.05) is 13.1 Å². The molecule has 27 heavy (non-hydrogen) atoms. The molecule has 3 rings (SSSR count). The highest BCUT2D eigenvalue weighted by Gasteiger charge is 2.34. The van der Waals surface area contributed by atoms with E-state index in [1.165, 1.54) is 0 Å². The minimum absolute atomic E-state index is 0.225. The van der Waals surface area contributed by atoms with Gasteiger partial charge in [-0.05, 0) is 75.8 Å². The Balaban J connectivity index is 1.86. The molecule has 0 saturated carbocycles. The molecule has 0 N–H and O–H groups in total. The lowest BCUT2D eigenvalue weighted by atomic mass is 10.0. The van der Waals surface area contributed by atoms with Gasteiger partial charge in [-0.2, -0.15) is 9.40 Å². The van der Waals surface area contributed by atoms with Gasteiger partial charge < -0.3 is 4.74 Å². The second kappa shape index (κ2) is 7.56. The minimum Gasteiger partial charge on any atom is -0.472 e. The molecule has 0 radical (unpaired) electrons. The molecule has 1 saturated heterocycles. The molecule has 2 heterocycles. The number of hydrogen-bond acceptors (Lipinski definition) is 5.